The number of carboxylic acids is 1. The third-order valence-corrected chi connectivity index (χ3v) is 4.13. The summed E-state index contributed by atoms with van der Waals surface area (Å²) in [5, 5.41) is 13.2. The Balaban J connectivity index is 1.82. The van der Waals surface area contributed by atoms with Crippen molar-refractivity contribution in [3.63, 3.8) is 0 Å². The molecule has 0 spiro atoms. The number of carbonyl (C=O) groups excluding carboxylic acids is 2. The van der Waals surface area contributed by atoms with Gasteiger partial charge in [0.15, 0.2) is 24.0 Å². The van der Waals surface area contributed by atoms with Crippen LogP contribution in [0.3, 0.4) is 0 Å². The lowest BCUT2D eigenvalue weighted by Crippen LogP contribution is -2.61. The minimum atomic E-state index is -1.39. The number of hydrogen-bond acceptors (Lipinski definition) is 8. The number of rotatable bonds is 3. The smallest absolute Gasteiger partial charge is 0.252 e. The first-order valence-electron chi connectivity index (χ1n) is 7.87. The summed E-state index contributed by atoms with van der Waals surface area (Å²) in [5.41, 5.74) is 0. The van der Waals surface area contributed by atoms with Gasteiger partial charge < -0.3 is 38.9 Å². The van der Waals surface area contributed by atoms with Gasteiger partial charge in [-0.1, -0.05) is 0 Å². The molecule has 24 heavy (non-hydrogen) atoms. The Kier molecular flexibility index (Phi) is 4.12. The predicted molar refractivity (Wildman–Crippen MR) is 75.1 cm³/mol. The van der Waals surface area contributed by atoms with Crippen LogP contribution in [0, 0.1) is 0 Å². The summed E-state index contributed by atoms with van der Waals surface area (Å²) in [7, 11) is 0. The molecule has 0 aliphatic carbocycles. The fourth-order valence-corrected chi connectivity index (χ4v) is 3.18. The molecule has 0 aromatic heterocycles. The Morgan fingerprint density at radius 1 is 0.958 bits per heavy atom. The Morgan fingerprint density at radius 2 is 1.50 bits per heavy atom. The van der Waals surface area contributed by atoms with E-state index >= 15 is 0 Å². The highest BCUT2D eigenvalue weighted by Crippen LogP contribution is 2.44. The quantitative estimate of drug-likeness (QED) is 0.667. The highest BCUT2D eigenvalue weighted by atomic mass is 16.9. The van der Waals surface area contributed by atoms with Gasteiger partial charge in [0, 0.05) is 0 Å². The van der Waals surface area contributed by atoms with Gasteiger partial charge >= 0.3 is 0 Å². The van der Waals surface area contributed by atoms with Gasteiger partial charge in [0.1, 0.15) is 18.3 Å². The van der Waals surface area contributed by atoms with Crippen LogP contribution in [0.25, 0.3) is 0 Å². The number of carbonyl (C=O) groups is 2. The minimum Gasteiger partial charge on any atom is -0.548 e. The molecule has 3 fully saturated rings. The molecule has 3 aliphatic heterocycles. The van der Waals surface area contributed by atoms with E-state index in [0.29, 0.717) is 0 Å². The maximum absolute atomic E-state index is 12.5. The maximum Gasteiger partial charge on any atom is 0.252 e. The van der Waals surface area contributed by atoms with Crippen molar-refractivity contribution in [2.45, 2.75) is 82.9 Å². The number of fused-ring (bicyclic) bond motifs is 3. The molecule has 3 rings (SSSR count). The predicted octanol–water partition coefficient (Wildman–Crippen LogP) is -1.36. The molecule has 6 atom stereocenters. The Labute approximate surface area is 139 Å². The van der Waals surface area contributed by atoms with Crippen molar-refractivity contribution >= 4 is 11.9 Å². The van der Waals surface area contributed by atoms with Crippen molar-refractivity contribution in [3.05, 3.63) is 0 Å². The SMILES string of the molecule is C[C@@H](NC(=O)[C@@H]1O[C@@H]2OC(C)(C)O[C@@H]2[C@H]2OC(C)(C)O[C@H]21)C(=O)[O-]. The van der Waals surface area contributed by atoms with Crippen molar-refractivity contribution < 1.29 is 38.4 Å². The second-order valence-corrected chi connectivity index (χ2v) is 7.14. The molecule has 3 heterocycles. The number of ether oxygens (including phenoxy) is 5. The zero-order valence-corrected chi connectivity index (χ0v) is 14.2. The third-order valence-electron chi connectivity index (χ3n) is 4.13. The maximum atomic E-state index is 12.5. The molecule has 3 saturated heterocycles. The van der Waals surface area contributed by atoms with E-state index in [1.807, 2.05) is 0 Å². The topological polar surface area (TPSA) is 115 Å². The van der Waals surface area contributed by atoms with Crippen LogP contribution in [-0.2, 0) is 33.3 Å². The summed E-state index contributed by atoms with van der Waals surface area (Å²) in [6.07, 6.45) is -3.76. The van der Waals surface area contributed by atoms with E-state index in [1.54, 1.807) is 27.7 Å². The molecule has 9 heteroatoms. The lowest BCUT2D eigenvalue weighted by molar-refractivity contribution is -0.308. The second-order valence-electron chi connectivity index (χ2n) is 7.14. The molecule has 9 nitrogen and oxygen atoms in total. The summed E-state index contributed by atoms with van der Waals surface area (Å²) in [5.74, 6) is -3.84. The monoisotopic (exact) mass is 344 g/mol. The fraction of sp³-hybridized carbons (Fsp3) is 0.867. The minimum absolute atomic E-state index is 0.547. The van der Waals surface area contributed by atoms with Crippen LogP contribution >= 0.6 is 0 Å². The number of aliphatic carboxylic acids is 1. The summed E-state index contributed by atoms with van der Waals surface area (Å²) in [6.45, 7) is 8.22. The van der Waals surface area contributed by atoms with Crippen molar-refractivity contribution in [2.24, 2.45) is 0 Å². The number of carboxylic acid groups (broad SMARTS) is 1. The van der Waals surface area contributed by atoms with E-state index in [2.05, 4.69) is 5.32 Å². The van der Waals surface area contributed by atoms with Gasteiger partial charge in [0.25, 0.3) is 5.91 Å². The number of hydrogen-bond donors (Lipinski definition) is 1. The molecule has 0 aromatic carbocycles. The average Bonchev–Trinajstić information content (AvgIpc) is 2.91. The zero-order valence-electron chi connectivity index (χ0n) is 14.2. The van der Waals surface area contributed by atoms with Crippen LogP contribution < -0.4 is 10.4 Å². The molecule has 0 unspecified atom stereocenters. The van der Waals surface area contributed by atoms with E-state index in [-0.39, 0.29) is 0 Å². The largest absolute Gasteiger partial charge is 0.548 e. The van der Waals surface area contributed by atoms with Gasteiger partial charge in [-0.15, -0.1) is 0 Å². The molecule has 1 N–H and O–H groups in total. The Bertz CT molecular complexity index is 548. The van der Waals surface area contributed by atoms with Crippen LogP contribution in [0.2, 0.25) is 0 Å². The number of amides is 1. The standard InChI is InChI=1S/C15H23NO8/c1-6(12(18)19)16-11(17)9-7-8(22-14(2,3)21-7)10-13(20-9)24-15(4,5)23-10/h6-10,13H,1-5H3,(H,16,17)(H,18,19)/p-1/t6-,7-,8+,9-,10-,13-/m1/s1. The van der Waals surface area contributed by atoms with E-state index in [1.165, 1.54) is 6.92 Å². The first-order valence-corrected chi connectivity index (χ1v) is 7.87. The van der Waals surface area contributed by atoms with Crippen LogP contribution in [0.5, 0.6) is 0 Å². The Hall–Kier alpha value is -1.26. The van der Waals surface area contributed by atoms with Gasteiger partial charge in [-0.05, 0) is 34.6 Å². The van der Waals surface area contributed by atoms with Crippen molar-refractivity contribution in [3.8, 4) is 0 Å². The fourth-order valence-electron chi connectivity index (χ4n) is 3.18. The number of nitrogens with one attached hydrogen (secondary N) is 1. The third kappa shape index (κ3) is 3.14. The summed E-state index contributed by atoms with van der Waals surface area (Å²) < 4.78 is 28.9. The lowest BCUT2D eigenvalue weighted by atomic mass is 9.98. The molecule has 136 valence electrons. The molecule has 3 aliphatic rings. The molecule has 0 aromatic rings. The molecule has 1 amide bonds. The molecule has 0 saturated carbocycles. The highest BCUT2D eigenvalue weighted by molar-refractivity contribution is 5.86. The van der Waals surface area contributed by atoms with Gasteiger partial charge in [0.2, 0.25) is 0 Å². The van der Waals surface area contributed by atoms with Crippen molar-refractivity contribution in [1.29, 1.82) is 0 Å². The Morgan fingerprint density at radius 3 is 2.12 bits per heavy atom. The zero-order chi connectivity index (χ0) is 17.9. The van der Waals surface area contributed by atoms with Gasteiger partial charge in [-0.2, -0.15) is 0 Å². The van der Waals surface area contributed by atoms with E-state index in [4.69, 9.17) is 23.7 Å². The molecule has 0 bridgehead atoms. The van der Waals surface area contributed by atoms with Crippen LogP contribution in [0.4, 0.5) is 0 Å². The molecule has 0 radical (unpaired) electrons. The highest BCUT2D eigenvalue weighted by Gasteiger charge is 2.62. The molecular formula is C15H22NO8-. The summed E-state index contributed by atoms with van der Waals surface area (Å²) in [6, 6.07) is -1.16. The van der Waals surface area contributed by atoms with Crippen LogP contribution in [0.15, 0.2) is 0 Å². The lowest BCUT2D eigenvalue weighted by Gasteiger charge is -2.36. The van der Waals surface area contributed by atoms with E-state index in [0.717, 1.165) is 0 Å². The first kappa shape index (κ1) is 17.6. The normalized spacial score (nSPS) is 40.5. The van der Waals surface area contributed by atoms with Gasteiger partial charge in [-0.3, -0.25) is 4.79 Å². The van der Waals surface area contributed by atoms with Crippen LogP contribution in [-0.4, -0.2) is 60.2 Å². The van der Waals surface area contributed by atoms with Crippen molar-refractivity contribution in [1.82, 2.24) is 5.32 Å². The van der Waals surface area contributed by atoms with E-state index in [9.17, 15) is 14.7 Å². The molecular weight excluding hydrogens is 322 g/mol. The second kappa shape index (κ2) is 5.63. The summed E-state index contributed by atoms with van der Waals surface area (Å²) in [4.78, 5) is 23.3. The average molecular weight is 344 g/mol. The van der Waals surface area contributed by atoms with Crippen LogP contribution in [0.1, 0.15) is 34.6 Å². The van der Waals surface area contributed by atoms with E-state index < -0.39 is 60.2 Å². The first-order chi connectivity index (χ1) is 11.0. The summed E-state index contributed by atoms with van der Waals surface area (Å²) >= 11 is 0. The van der Waals surface area contributed by atoms with Gasteiger partial charge in [-0.25, -0.2) is 0 Å². The van der Waals surface area contributed by atoms with Crippen molar-refractivity contribution in [2.75, 3.05) is 0 Å². The van der Waals surface area contributed by atoms with Gasteiger partial charge in [0.05, 0.1) is 12.0 Å².